The molecule has 1 atom stereocenters. The van der Waals surface area contributed by atoms with E-state index in [9.17, 15) is 0 Å². The van der Waals surface area contributed by atoms with Gasteiger partial charge in [-0.25, -0.2) is 4.98 Å². The first kappa shape index (κ1) is 18.1. The number of aryl methyl sites for hydroxylation is 2. The van der Waals surface area contributed by atoms with Crippen LogP contribution in [0.1, 0.15) is 55.0 Å². The number of nitrogens with two attached hydrogens (primary N) is 1. The molecule has 0 aliphatic heterocycles. The molecule has 2 aromatic heterocycles. The molecule has 27 heavy (non-hydrogen) atoms. The van der Waals surface area contributed by atoms with Gasteiger partial charge in [-0.3, -0.25) is 4.98 Å². The maximum absolute atomic E-state index is 5.76. The van der Waals surface area contributed by atoms with E-state index in [1.54, 1.807) is 0 Å². The Morgan fingerprint density at radius 2 is 2.07 bits per heavy atom. The lowest BCUT2D eigenvalue weighted by Crippen LogP contribution is -2.26. The minimum absolute atomic E-state index is 0.384. The maximum Gasteiger partial charge on any atom is 0.115 e. The van der Waals surface area contributed by atoms with Crippen molar-refractivity contribution < 1.29 is 0 Å². The van der Waals surface area contributed by atoms with Crippen molar-refractivity contribution in [1.29, 1.82) is 0 Å². The van der Waals surface area contributed by atoms with Crippen molar-refractivity contribution in [1.82, 2.24) is 19.9 Å². The SMILES string of the molecule is CCNC1CCCc2ccc(Cc3nc4ccccc4n3CCCN)nc21. The maximum atomic E-state index is 5.76. The summed E-state index contributed by atoms with van der Waals surface area (Å²) in [5.74, 6) is 1.08. The van der Waals surface area contributed by atoms with Gasteiger partial charge in [-0.2, -0.15) is 0 Å². The summed E-state index contributed by atoms with van der Waals surface area (Å²) < 4.78 is 2.31. The van der Waals surface area contributed by atoms with Crippen molar-refractivity contribution >= 4 is 11.0 Å². The van der Waals surface area contributed by atoms with E-state index in [1.165, 1.54) is 29.6 Å². The van der Waals surface area contributed by atoms with E-state index < -0.39 is 0 Å². The molecule has 0 amide bonds. The predicted molar refractivity (Wildman–Crippen MR) is 110 cm³/mol. The summed E-state index contributed by atoms with van der Waals surface area (Å²) >= 11 is 0. The summed E-state index contributed by atoms with van der Waals surface area (Å²) in [7, 11) is 0. The molecule has 0 saturated heterocycles. The third kappa shape index (κ3) is 3.75. The molecule has 1 unspecified atom stereocenters. The number of hydrogen-bond donors (Lipinski definition) is 2. The summed E-state index contributed by atoms with van der Waals surface area (Å²) in [4.78, 5) is 9.95. The number of hydrogen-bond acceptors (Lipinski definition) is 4. The van der Waals surface area contributed by atoms with Gasteiger partial charge in [0.1, 0.15) is 5.82 Å². The number of benzene rings is 1. The molecule has 4 rings (SSSR count). The molecule has 5 heteroatoms. The number of aromatic nitrogens is 3. The number of para-hydroxylation sites is 2. The Morgan fingerprint density at radius 3 is 2.93 bits per heavy atom. The molecule has 2 heterocycles. The second kappa shape index (κ2) is 8.19. The minimum Gasteiger partial charge on any atom is -0.330 e. The first-order valence-corrected chi connectivity index (χ1v) is 10.2. The lowest BCUT2D eigenvalue weighted by atomic mass is 9.91. The zero-order chi connectivity index (χ0) is 18.6. The molecule has 0 spiro atoms. The van der Waals surface area contributed by atoms with Gasteiger partial charge in [0.2, 0.25) is 0 Å². The fourth-order valence-corrected chi connectivity index (χ4v) is 4.16. The average Bonchev–Trinajstić information content (AvgIpc) is 3.04. The zero-order valence-corrected chi connectivity index (χ0v) is 16.1. The summed E-state index contributed by atoms with van der Waals surface area (Å²) in [6.45, 7) is 4.73. The van der Waals surface area contributed by atoms with Crippen LogP contribution in [0.2, 0.25) is 0 Å². The molecular weight excluding hydrogens is 334 g/mol. The van der Waals surface area contributed by atoms with Crippen LogP contribution in [0.3, 0.4) is 0 Å². The second-order valence-corrected chi connectivity index (χ2v) is 7.34. The molecule has 3 aromatic rings. The Morgan fingerprint density at radius 1 is 1.19 bits per heavy atom. The smallest absolute Gasteiger partial charge is 0.115 e. The van der Waals surface area contributed by atoms with Gasteiger partial charge in [0.25, 0.3) is 0 Å². The fraction of sp³-hybridized carbons (Fsp3) is 0.455. The van der Waals surface area contributed by atoms with Crippen LogP contribution in [-0.4, -0.2) is 27.6 Å². The van der Waals surface area contributed by atoms with Crippen molar-refractivity contribution in [3.8, 4) is 0 Å². The summed E-state index contributed by atoms with van der Waals surface area (Å²) in [5, 5.41) is 3.60. The Bertz CT molecular complexity index is 914. The number of pyridine rings is 1. The van der Waals surface area contributed by atoms with Gasteiger partial charge in [0.15, 0.2) is 0 Å². The van der Waals surface area contributed by atoms with Crippen LogP contribution < -0.4 is 11.1 Å². The highest BCUT2D eigenvalue weighted by molar-refractivity contribution is 5.76. The van der Waals surface area contributed by atoms with Crippen LogP contribution in [-0.2, 0) is 19.4 Å². The molecule has 142 valence electrons. The molecule has 0 bridgehead atoms. The highest BCUT2D eigenvalue weighted by atomic mass is 15.1. The van der Waals surface area contributed by atoms with Gasteiger partial charge < -0.3 is 15.6 Å². The molecular formula is C22H29N5. The van der Waals surface area contributed by atoms with E-state index in [0.717, 1.165) is 49.4 Å². The van der Waals surface area contributed by atoms with Gasteiger partial charge in [-0.1, -0.05) is 25.1 Å². The zero-order valence-electron chi connectivity index (χ0n) is 16.1. The summed E-state index contributed by atoms with van der Waals surface area (Å²) in [6.07, 6.45) is 5.26. The minimum atomic E-state index is 0.384. The van der Waals surface area contributed by atoms with Gasteiger partial charge in [-0.05, 0) is 62.5 Å². The fourth-order valence-electron chi connectivity index (χ4n) is 4.16. The van der Waals surface area contributed by atoms with Gasteiger partial charge in [0.05, 0.1) is 16.7 Å². The summed E-state index contributed by atoms with van der Waals surface area (Å²) in [6, 6.07) is 13.2. The molecule has 1 aliphatic rings. The molecule has 1 aliphatic carbocycles. The van der Waals surface area contributed by atoms with Gasteiger partial charge in [0, 0.05) is 24.7 Å². The molecule has 5 nitrogen and oxygen atoms in total. The lowest BCUT2D eigenvalue weighted by molar-refractivity contribution is 0.458. The summed E-state index contributed by atoms with van der Waals surface area (Å²) in [5.41, 5.74) is 11.7. The Labute approximate surface area is 161 Å². The third-order valence-electron chi connectivity index (χ3n) is 5.45. The van der Waals surface area contributed by atoms with Crippen LogP contribution in [0.4, 0.5) is 0 Å². The van der Waals surface area contributed by atoms with Crippen molar-refractivity contribution in [3.63, 3.8) is 0 Å². The standard InChI is InChI=1S/C22H29N5/c1-2-24-19-9-5-7-16-11-12-17(25-22(16)19)15-21-26-18-8-3-4-10-20(18)27(21)14-6-13-23/h3-4,8,10-12,19,24H,2,5-7,9,13-15,23H2,1H3. The lowest BCUT2D eigenvalue weighted by Gasteiger charge is -2.25. The van der Waals surface area contributed by atoms with Crippen LogP contribution in [0.15, 0.2) is 36.4 Å². The number of imidazole rings is 1. The Hall–Kier alpha value is -2.24. The van der Waals surface area contributed by atoms with E-state index in [2.05, 4.69) is 47.1 Å². The Kier molecular flexibility index (Phi) is 5.50. The monoisotopic (exact) mass is 363 g/mol. The topological polar surface area (TPSA) is 68.8 Å². The average molecular weight is 364 g/mol. The van der Waals surface area contributed by atoms with E-state index in [4.69, 9.17) is 15.7 Å². The molecule has 0 radical (unpaired) electrons. The number of fused-ring (bicyclic) bond motifs is 2. The quantitative estimate of drug-likeness (QED) is 0.675. The molecule has 1 aromatic carbocycles. The van der Waals surface area contributed by atoms with Gasteiger partial charge >= 0.3 is 0 Å². The normalized spacial score (nSPS) is 16.6. The largest absolute Gasteiger partial charge is 0.330 e. The van der Waals surface area contributed by atoms with Crippen molar-refractivity contribution in [3.05, 3.63) is 59.2 Å². The van der Waals surface area contributed by atoms with E-state index in [1.807, 2.05) is 6.07 Å². The van der Waals surface area contributed by atoms with Crippen LogP contribution in [0, 0.1) is 0 Å². The molecule has 3 N–H and O–H groups in total. The van der Waals surface area contributed by atoms with Crippen LogP contribution >= 0.6 is 0 Å². The molecule has 0 saturated carbocycles. The van der Waals surface area contributed by atoms with Gasteiger partial charge in [-0.15, -0.1) is 0 Å². The van der Waals surface area contributed by atoms with E-state index >= 15 is 0 Å². The number of rotatable bonds is 7. The third-order valence-corrected chi connectivity index (χ3v) is 5.45. The van der Waals surface area contributed by atoms with Crippen LogP contribution in [0.25, 0.3) is 11.0 Å². The number of nitrogens with one attached hydrogen (secondary N) is 1. The van der Waals surface area contributed by atoms with Crippen molar-refractivity contribution in [2.75, 3.05) is 13.1 Å². The second-order valence-electron chi connectivity index (χ2n) is 7.34. The Balaban J connectivity index is 1.67. The number of nitrogens with zero attached hydrogens (tertiary/aromatic N) is 3. The van der Waals surface area contributed by atoms with E-state index in [0.29, 0.717) is 12.6 Å². The van der Waals surface area contributed by atoms with Crippen LogP contribution in [0.5, 0.6) is 0 Å². The highest BCUT2D eigenvalue weighted by Gasteiger charge is 2.21. The first-order valence-electron chi connectivity index (χ1n) is 10.2. The first-order chi connectivity index (χ1) is 13.3. The predicted octanol–water partition coefficient (Wildman–Crippen LogP) is 3.36. The van der Waals surface area contributed by atoms with Crippen molar-refractivity contribution in [2.24, 2.45) is 5.73 Å². The van der Waals surface area contributed by atoms with E-state index in [-0.39, 0.29) is 0 Å². The highest BCUT2D eigenvalue weighted by Crippen LogP contribution is 2.29. The van der Waals surface area contributed by atoms with Crippen molar-refractivity contribution in [2.45, 2.75) is 51.6 Å². The molecule has 0 fully saturated rings.